The molecule has 1 aromatic carbocycles. The van der Waals surface area contributed by atoms with Gasteiger partial charge in [0, 0.05) is 25.7 Å². The van der Waals surface area contributed by atoms with Gasteiger partial charge in [0.2, 0.25) is 0 Å². The molecule has 0 saturated heterocycles. The van der Waals surface area contributed by atoms with Crippen LogP contribution in [-0.2, 0) is 13.1 Å². The fourth-order valence-corrected chi connectivity index (χ4v) is 2.96. The van der Waals surface area contributed by atoms with Crippen LogP contribution in [0.1, 0.15) is 45.2 Å². The second kappa shape index (κ2) is 6.06. The highest BCUT2D eigenvalue weighted by molar-refractivity contribution is 5.30. The largest absolute Gasteiger partial charge is 0.314 e. The molecule has 19 heavy (non-hydrogen) atoms. The molecule has 0 radical (unpaired) electrons. The molecule has 0 amide bonds. The summed E-state index contributed by atoms with van der Waals surface area (Å²) in [5, 5.41) is 3.64. The summed E-state index contributed by atoms with van der Waals surface area (Å²) < 4.78 is 0. The molecule has 1 aromatic rings. The number of hydrogen-bond acceptors (Lipinski definition) is 2. The van der Waals surface area contributed by atoms with Gasteiger partial charge < -0.3 is 5.32 Å². The van der Waals surface area contributed by atoms with Gasteiger partial charge in [-0.05, 0) is 29.5 Å². The molecule has 0 fully saturated rings. The van der Waals surface area contributed by atoms with Crippen molar-refractivity contribution in [2.24, 2.45) is 5.41 Å². The molecule has 0 saturated carbocycles. The number of benzene rings is 1. The second-order valence-electron chi connectivity index (χ2n) is 6.74. The lowest BCUT2D eigenvalue weighted by molar-refractivity contribution is 0.207. The molecule has 0 bridgehead atoms. The van der Waals surface area contributed by atoms with E-state index in [4.69, 9.17) is 0 Å². The van der Waals surface area contributed by atoms with Crippen LogP contribution in [0.15, 0.2) is 24.3 Å². The third-order valence-electron chi connectivity index (χ3n) is 4.14. The molecule has 0 spiro atoms. The van der Waals surface area contributed by atoms with E-state index in [1.807, 2.05) is 0 Å². The van der Waals surface area contributed by atoms with Crippen LogP contribution in [0.2, 0.25) is 0 Å². The van der Waals surface area contributed by atoms with Crippen molar-refractivity contribution in [3.05, 3.63) is 35.4 Å². The van der Waals surface area contributed by atoms with Gasteiger partial charge in [-0.2, -0.15) is 0 Å². The van der Waals surface area contributed by atoms with Crippen LogP contribution in [0.4, 0.5) is 0 Å². The van der Waals surface area contributed by atoms with Crippen molar-refractivity contribution in [1.82, 2.24) is 10.2 Å². The molecule has 0 aromatic heterocycles. The lowest BCUT2D eigenvalue weighted by atomic mass is 9.84. The predicted molar refractivity (Wildman–Crippen MR) is 82.1 cm³/mol. The third kappa shape index (κ3) is 3.80. The summed E-state index contributed by atoms with van der Waals surface area (Å²) in [5.41, 5.74) is 3.36. The Bertz CT molecular complexity index is 381. The summed E-state index contributed by atoms with van der Waals surface area (Å²) >= 11 is 0. The van der Waals surface area contributed by atoms with Crippen LogP contribution in [-0.4, -0.2) is 24.0 Å². The van der Waals surface area contributed by atoms with E-state index in [0.717, 1.165) is 19.6 Å². The summed E-state index contributed by atoms with van der Waals surface area (Å²) in [5.74, 6) is 0. The lowest BCUT2D eigenvalue weighted by Gasteiger charge is -2.32. The van der Waals surface area contributed by atoms with E-state index >= 15 is 0 Å². The molecule has 2 nitrogen and oxygen atoms in total. The Labute approximate surface area is 118 Å². The molecular formula is C17H28N2. The Morgan fingerprint density at radius 2 is 1.74 bits per heavy atom. The van der Waals surface area contributed by atoms with Crippen molar-refractivity contribution in [2.45, 2.75) is 53.2 Å². The van der Waals surface area contributed by atoms with Crippen molar-refractivity contribution in [2.75, 3.05) is 13.1 Å². The minimum atomic E-state index is 0.336. The SMILES string of the molecule is CCNC(CCN1Cc2ccccc2C1)C(C)(C)C. The summed E-state index contributed by atoms with van der Waals surface area (Å²) in [6, 6.07) is 9.43. The normalized spacial score (nSPS) is 17.5. The quantitative estimate of drug-likeness (QED) is 0.872. The Kier molecular flexibility index (Phi) is 4.64. The number of nitrogens with zero attached hydrogens (tertiary/aromatic N) is 1. The molecule has 2 rings (SSSR count). The maximum atomic E-state index is 3.64. The number of nitrogens with one attached hydrogen (secondary N) is 1. The first-order chi connectivity index (χ1) is 9.00. The van der Waals surface area contributed by atoms with E-state index in [9.17, 15) is 0 Å². The van der Waals surface area contributed by atoms with Crippen molar-refractivity contribution in [3.63, 3.8) is 0 Å². The molecule has 1 aliphatic rings. The first kappa shape index (κ1) is 14.5. The number of rotatable bonds is 5. The second-order valence-corrected chi connectivity index (χ2v) is 6.74. The first-order valence-corrected chi connectivity index (χ1v) is 7.53. The van der Waals surface area contributed by atoms with Crippen LogP contribution in [0, 0.1) is 5.41 Å². The smallest absolute Gasteiger partial charge is 0.0240 e. The minimum absolute atomic E-state index is 0.336. The Balaban J connectivity index is 1.87. The van der Waals surface area contributed by atoms with E-state index in [1.54, 1.807) is 0 Å². The summed E-state index contributed by atoms with van der Waals surface area (Å²) in [6.07, 6.45) is 1.23. The standard InChI is InChI=1S/C17H28N2/c1-5-18-16(17(2,3)4)10-11-19-12-14-8-6-7-9-15(14)13-19/h6-9,16,18H,5,10-13H2,1-4H3. The average Bonchev–Trinajstić information content (AvgIpc) is 2.75. The molecule has 1 aliphatic heterocycles. The van der Waals surface area contributed by atoms with E-state index < -0.39 is 0 Å². The zero-order chi connectivity index (χ0) is 13.9. The van der Waals surface area contributed by atoms with Gasteiger partial charge in [0.05, 0.1) is 0 Å². The summed E-state index contributed by atoms with van der Waals surface area (Å²) in [6.45, 7) is 13.7. The van der Waals surface area contributed by atoms with E-state index in [1.165, 1.54) is 24.1 Å². The van der Waals surface area contributed by atoms with Crippen LogP contribution in [0.3, 0.4) is 0 Å². The summed E-state index contributed by atoms with van der Waals surface area (Å²) in [4.78, 5) is 2.57. The van der Waals surface area contributed by atoms with Gasteiger partial charge in [-0.25, -0.2) is 0 Å². The molecule has 1 N–H and O–H groups in total. The fourth-order valence-electron chi connectivity index (χ4n) is 2.96. The molecule has 106 valence electrons. The number of hydrogen-bond donors (Lipinski definition) is 1. The first-order valence-electron chi connectivity index (χ1n) is 7.53. The van der Waals surface area contributed by atoms with Gasteiger partial charge in [0.15, 0.2) is 0 Å². The topological polar surface area (TPSA) is 15.3 Å². The van der Waals surface area contributed by atoms with E-state index in [2.05, 4.69) is 62.2 Å². The molecule has 1 heterocycles. The fraction of sp³-hybridized carbons (Fsp3) is 0.647. The molecular weight excluding hydrogens is 232 g/mol. The highest BCUT2D eigenvalue weighted by atomic mass is 15.1. The Morgan fingerprint density at radius 1 is 1.16 bits per heavy atom. The third-order valence-corrected chi connectivity index (χ3v) is 4.14. The highest BCUT2D eigenvalue weighted by Gasteiger charge is 2.25. The molecule has 1 unspecified atom stereocenters. The molecule has 2 heteroatoms. The Hall–Kier alpha value is -0.860. The van der Waals surface area contributed by atoms with Crippen LogP contribution in [0.5, 0.6) is 0 Å². The lowest BCUT2D eigenvalue weighted by Crippen LogP contribution is -2.42. The zero-order valence-corrected chi connectivity index (χ0v) is 12.9. The highest BCUT2D eigenvalue weighted by Crippen LogP contribution is 2.25. The van der Waals surface area contributed by atoms with Crippen molar-refractivity contribution < 1.29 is 0 Å². The average molecular weight is 260 g/mol. The monoisotopic (exact) mass is 260 g/mol. The maximum Gasteiger partial charge on any atom is 0.0240 e. The minimum Gasteiger partial charge on any atom is -0.314 e. The van der Waals surface area contributed by atoms with Gasteiger partial charge in [0.1, 0.15) is 0 Å². The molecule has 0 aliphatic carbocycles. The number of fused-ring (bicyclic) bond motifs is 1. The van der Waals surface area contributed by atoms with Crippen LogP contribution >= 0.6 is 0 Å². The maximum absolute atomic E-state index is 3.64. The van der Waals surface area contributed by atoms with Crippen molar-refractivity contribution in [1.29, 1.82) is 0 Å². The van der Waals surface area contributed by atoms with Gasteiger partial charge in [-0.15, -0.1) is 0 Å². The zero-order valence-electron chi connectivity index (χ0n) is 12.9. The van der Waals surface area contributed by atoms with Gasteiger partial charge in [-0.1, -0.05) is 52.0 Å². The molecule has 1 atom stereocenters. The van der Waals surface area contributed by atoms with E-state index in [0.29, 0.717) is 11.5 Å². The van der Waals surface area contributed by atoms with Crippen LogP contribution < -0.4 is 5.32 Å². The van der Waals surface area contributed by atoms with Crippen LogP contribution in [0.25, 0.3) is 0 Å². The van der Waals surface area contributed by atoms with E-state index in [-0.39, 0.29) is 0 Å². The van der Waals surface area contributed by atoms with Gasteiger partial charge in [-0.3, -0.25) is 4.90 Å². The van der Waals surface area contributed by atoms with Gasteiger partial charge >= 0.3 is 0 Å². The Morgan fingerprint density at radius 3 is 2.21 bits per heavy atom. The van der Waals surface area contributed by atoms with Crippen molar-refractivity contribution >= 4 is 0 Å². The summed E-state index contributed by atoms with van der Waals surface area (Å²) in [7, 11) is 0. The predicted octanol–water partition coefficient (Wildman–Crippen LogP) is 3.42. The van der Waals surface area contributed by atoms with Crippen molar-refractivity contribution in [3.8, 4) is 0 Å². The van der Waals surface area contributed by atoms with Gasteiger partial charge in [0.25, 0.3) is 0 Å².